The Hall–Kier alpha value is -1.09. The zero-order valence-corrected chi connectivity index (χ0v) is 14.0. The highest BCUT2D eigenvalue weighted by molar-refractivity contribution is 6.33. The smallest absolute Gasteiger partial charge is 0.111 e. The molecule has 8 heteroatoms. The first kappa shape index (κ1) is 20.0. The van der Waals surface area contributed by atoms with Crippen LogP contribution >= 0.6 is 11.6 Å². The molecular weight excluding hydrogens is 324 g/mol. The minimum atomic E-state index is -1.66. The summed E-state index contributed by atoms with van der Waals surface area (Å²) in [6, 6.07) is 3.39. The molecule has 0 fully saturated rings. The highest BCUT2D eigenvalue weighted by atomic mass is 35.5. The number of rotatable bonds is 8. The number of nitrogen functional groups attached to an aromatic ring is 1. The van der Waals surface area contributed by atoms with E-state index in [1.165, 1.54) is 0 Å². The van der Waals surface area contributed by atoms with Gasteiger partial charge in [0, 0.05) is 18.8 Å². The molecule has 0 aliphatic heterocycles. The third-order valence-electron chi connectivity index (χ3n) is 3.79. The second kappa shape index (κ2) is 8.68. The van der Waals surface area contributed by atoms with Crippen molar-refractivity contribution < 1.29 is 25.5 Å². The number of aliphatic hydroxyl groups is 5. The van der Waals surface area contributed by atoms with Crippen LogP contribution in [0, 0.1) is 6.92 Å². The Morgan fingerprint density at radius 2 is 1.70 bits per heavy atom. The first-order valence-electron chi connectivity index (χ1n) is 7.36. The second-order valence-corrected chi connectivity index (χ2v) is 5.90. The molecule has 0 aromatic heterocycles. The summed E-state index contributed by atoms with van der Waals surface area (Å²) in [7, 11) is 0. The Balaban J connectivity index is 2.89. The van der Waals surface area contributed by atoms with Crippen LogP contribution in [0.1, 0.15) is 12.5 Å². The molecule has 1 aromatic carbocycles. The first-order chi connectivity index (χ1) is 10.7. The molecule has 0 bridgehead atoms. The van der Waals surface area contributed by atoms with Gasteiger partial charge in [0.05, 0.1) is 23.4 Å². The summed E-state index contributed by atoms with van der Waals surface area (Å²) in [5, 5.41) is 48.2. The fourth-order valence-electron chi connectivity index (χ4n) is 2.22. The Bertz CT molecular complexity index is 517. The van der Waals surface area contributed by atoms with Crippen LogP contribution in [-0.4, -0.2) is 69.6 Å². The van der Waals surface area contributed by atoms with Crippen LogP contribution in [0.25, 0.3) is 0 Å². The Labute approximate surface area is 140 Å². The maximum Gasteiger partial charge on any atom is 0.111 e. The molecule has 0 amide bonds. The van der Waals surface area contributed by atoms with E-state index in [1.54, 1.807) is 17.0 Å². The van der Waals surface area contributed by atoms with E-state index < -0.39 is 31.0 Å². The van der Waals surface area contributed by atoms with Gasteiger partial charge in [-0.05, 0) is 31.5 Å². The number of aliphatic hydroxyl groups excluding tert-OH is 5. The number of nitrogens with zero attached hydrogens (tertiary/aromatic N) is 1. The molecule has 0 saturated carbocycles. The Morgan fingerprint density at radius 3 is 2.22 bits per heavy atom. The van der Waals surface area contributed by atoms with Crippen molar-refractivity contribution in [2.45, 2.75) is 38.3 Å². The Kier molecular flexibility index (Phi) is 7.53. The molecule has 7 nitrogen and oxygen atoms in total. The summed E-state index contributed by atoms with van der Waals surface area (Å²) in [5.74, 6) is 0. The van der Waals surface area contributed by atoms with Crippen molar-refractivity contribution in [3.8, 4) is 0 Å². The van der Waals surface area contributed by atoms with Crippen LogP contribution in [0.2, 0.25) is 5.02 Å². The number of hydrogen-bond acceptors (Lipinski definition) is 7. The van der Waals surface area contributed by atoms with Gasteiger partial charge in [-0.25, -0.2) is 0 Å². The fraction of sp³-hybridized carbons (Fsp3) is 0.600. The van der Waals surface area contributed by atoms with E-state index in [9.17, 15) is 20.4 Å². The van der Waals surface area contributed by atoms with Gasteiger partial charge in [0.25, 0.3) is 0 Å². The Morgan fingerprint density at radius 1 is 1.13 bits per heavy atom. The molecule has 0 radical (unpaired) electrons. The molecule has 1 rings (SSSR count). The predicted molar refractivity (Wildman–Crippen MR) is 89.6 cm³/mol. The third kappa shape index (κ3) is 4.94. The minimum Gasteiger partial charge on any atom is -0.398 e. The van der Waals surface area contributed by atoms with Crippen LogP contribution in [0.4, 0.5) is 11.4 Å². The van der Waals surface area contributed by atoms with E-state index in [1.807, 2.05) is 13.8 Å². The predicted octanol–water partition coefficient (Wildman–Crippen LogP) is -0.507. The molecule has 0 saturated heterocycles. The maximum atomic E-state index is 10.1. The van der Waals surface area contributed by atoms with E-state index in [4.69, 9.17) is 22.4 Å². The number of anilines is 2. The van der Waals surface area contributed by atoms with Crippen molar-refractivity contribution >= 4 is 23.0 Å². The van der Waals surface area contributed by atoms with Gasteiger partial charge in [0.1, 0.15) is 18.3 Å². The second-order valence-electron chi connectivity index (χ2n) is 5.50. The first-order valence-corrected chi connectivity index (χ1v) is 7.74. The zero-order valence-electron chi connectivity index (χ0n) is 13.2. The minimum absolute atomic E-state index is 0.0179. The lowest BCUT2D eigenvalue weighted by Gasteiger charge is -2.31. The normalized spacial score (nSPS) is 16.7. The lowest BCUT2D eigenvalue weighted by Crippen LogP contribution is -2.49. The van der Waals surface area contributed by atoms with Crippen molar-refractivity contribution in [2.24, 2.45) is 0 Å². The third-order valence-corrected chi connectivity index (χ3v) is 4.09. The van der Waals surface area contributed by atoms with Crippen molar-refractivity contribution in [3.05, 3.63) is 22.7 Å². The SMILES string of the molecule is CCN(CC(O)C(O)C(O)C(O)CO)c1cc(C)c(N)cc1Cl. The van der Waals surface area contributed by atoms with E-state index in [2.05, 4.69) is 0 Å². The molecule has 0 spiro atoms. The van der Waals surface area contributed by atoms with E-state index in [0.717, 1.165) is 5.56 Å². The molecule has 0 heterocycles. The van der Waals surface area contributed by atoms with Gasteiger partial charge in [0.2, 0.25) is 0 Å². The van der Waals surface area contributed by atoms with E-state index in [0.29, 0.717) is 22.9 Å². The fourth-order valence-corrected chi connectivity index (χ4v) is 2.51. The average Bonchev–Trinajstić information content (AvgIpc) is 2.53. The molecular formula is C15H25ClN2O5. The number of likely N-dealkylation sites (N-methyl/N-ethyl adjacent to an activating group) is 1. The van der Waals surface area contributed by atoms with Gasteiger partial charge >= 0.3 is 0 Å². The monoisotopic (exact) mass is 348 g/mol. The van der Waals surface area contributed by atoms with Gasteiger partial charge < -0.3 is 36.2 Å². The molecule has 132 valence electrons. The van der Waals surface area contributed by atoms with Crippen LogP contribution in [0.3, 0.4) is 0 Å². The van der Waals surface area contributed by atoms with Crippen molar-refractivity contribution in [3.63, 3.8) is 0 Å². The van der Waals surface area contributed by atoms with E-state index in [-0.39, 0.29) is 6.54 Å². The van der Waals surface area contributed by atoms with Crippen LogP contribution in [0.15, 0.2) is 12.1 Å². The number of nitrogens with two attached hydrogens (primary N) is 1. The maximum absolute atomic E-state index is 10.1. The summed E-state index contributed by atoms with van der Waals surface area (Å²) in [5.41, 5.74) is 7.82. The summed E-state index contributed by atoms with van der Waals surface area (Å²) in [6.45, 7) is 3.43. The molecule has 0 aliphatic rings. The van der Waals surface area contributed by atoms with Crippen molar-refractivity contribution in [2.75, 3.05) is 30.3 Å². The van der Waals surface area contributed by atoms with Crippen molar-refractivity contribution in [1.82, 2.24) is 0 Å². The summed E-state index contributed by atoms with van der Waals surface area (Å²) < 4.78 is 0. The van der Waals surface area contributed by atoms with Crippen molar-refractivity contribution in [1.29, 1.82) is 0 Å². The number of halogens is 1. The largest absolute Gasteiger partial charge is 0.398 e. The van der Waals surface area contributed by atoms with Gasteiger partial charge in [0.15, 0.2) is 0 Å². The molecule has 1 aromatic rings. The van der Waals surface area contributed by atoms with Crippen LogP contribution in [0.5, 0.6) is 0 Å². The van der Waals surface area contributed by atoms with Gasteiger partial charge in [-0.3, -0.25) is 0 Å². The molecule has 4 unspecified atom stereocenters. The topological polar surface area (TPSA) is 130 Å². The van der Waals surface area contributed by atoms with Crippen LogP contribution in [-0.2, 0) is 0 Å². The average molecular weight is 349 g/mol. The highest BCUT2D eigenvalue weighted by Crippen LogP contribution is 2.30. The summed E-state index contributed by atoms with van der Waals surface area (Å²) in [4.78, 5) is 1.72. The number of hydrogen-bond donors (Lipinski definition) is 6. The molecule has 7 N–H and O–H groups in total. The highest BCUT2D eigenvalue weighted by Gasteiger charge is 2.31. The van der Waals surface area contributed by atoms with Gasteiger partial charge in [-0.15, -0.1) is 0 Å². The quantitative estimate of drug-likeness (QED) is 0.349. The number of benzene rings is 1. The lowest BCUT2D eigenvalue weighted by atomic mass is 10.0. The van der Waals surface area contributed by atoms with Crippen LogP contribution < -0.4 is 10.6 Å². The molecule has 23 heavy (non-hydrogen) atoms. The molecule has 0 aliphatic carbocycles. The lowest BCUT2D eigenvalue weighted by molar-refractivity contribution is -0.112. The summed E-state index contributed by atoms with van der Waals surface area (Å²) in [6.07, 6.45) is -6.14. The standard InChI is InChI=1S/C15H25ClN2O5/c1-3-18(11-4-8(2)10(17)5-9(11)16)6-12(20)14(22)15(23)13(21)7-19/h4-5,12-15,19-23H,3,6-7,17H2,1-2H3. The van der Waals surface area contributed by atoms with Gasteiger partial charge in [-0.1, -0.05) is 11.6 Å². The number of aryl methyl sites for hydroxylation is 1. The zero-order chi connectivity index (χ0) is 17.7. The summed E-state index contributed by atoms with van der Waals surface area (Å²) >= 11 is 6.19. The van der Waals surface area contributed by atoms with Gasteiger partial charge in [-0.2, -0.15) is 0 Å². The van der Waals surface area contributed by atoms with E-state index >= 15 is 0 Å². The molecule has 4 atom stereocenters.